The Morgan fingerprint density at radius 2 is 1.77 bits per heavy atom. The molecule has 0 aliphatic carbocycles. The average molecular weight is 585 g/mol. The van der Waals surface area contributed by atoms with E-state index < -0.39 is 37.1 Å². The van der Waals surface area contributed by atoms with Crippen LogP contribution in [-0.4, -0.2) is 91.5 Å². The molecular weight excluding hydrogens is 543 g/mol. The first-order valence-electron chi connectivity index (χ1n) is 13.5. The molecule has 8 nitrogen and oxygen atoms in total. The number of halogens is 5. The molecule has 3 N–H and O–H groups in total. The topological polar surface area (TPSA) is 108 Å². The van der Waals surface area contributed by atoms with E-state index in [9.17, 15) is 31.9 Å². The summed E-state index contributed by atoms with van der Waals surface area (Å²) in [6.45, 7) is 4.20. The van der Waals surface area contributed by atoms with Gasteiger partial charge in [-0.2, -0.15) is 13.2 Å². The molecule has 40 heavy (non-hydrogen) atoms. The third-order valence-electron chi connectivity index (χ3n) is 6.04. The maximum Gasteiger partial charge on any atom is 0.490 e. The fourth-order valence-electron chi connectivity index (χ4n) is 3.88. The van der Waals surface area contributed by atoms with E-state index in [-0.39, 0.29) is 12.5 Å². The molecule has 0 saturated carbocycles. The number of hydrogen-bond acceptors (Lipinski definition) is 6. The number of aliphatic hydroxyl groups excluding tert-OH is 1. The van der Waals surface area contributed by atoms with Crippen LogP contribution in [0.15, 0.2) is 24.3 Å². The van der Waals surface area contributed by atoms with E-state index in [2.05, 4.69) is 12.2 Å². The van der Waals surface area contributed by atoms with Gasteiger partial charge in [-0.15, -0.1) is 0 Å². The number of nitrogens with zero attached hydrogens (tertiary/aromatic N) is 1. The number of nitrogens with one attached hydrogen (secondary N) is 1. The number of aliphatic hydroxyl groups is 1. The van der Waals surface area contributed by atoms with Gasteiger partial charge in [0.1, 0.15) is 24.7 Å². The zero-order valence-electron chi connectivity index (χ0n) is 22.8. The van der Waals surface area contributed by atoms with Gasteiger partial charge in [0.2, 0.25) is 5.91 Å². The lowest BCUT2D eigenvalue weighted by molar-refractivity contribution is -0.192. The van der Waals surface area contributed by atoms with Crippen molar-refractivity contribution in [3.8, 4) is 5.75 Å². The van der Waals surface area contributed by atoms with Gasteiger partial charge in [0.25, 0.3) is 0 Å². The van der Waals surface area contributed by atoms with Gasteiger partial charge in [-0.3, -0.25) is 9.69 Å². The van der Waals surface area contributed by atoms with E-state index in [1.54, 1.807) is 0 Å². The minimum Gasteiger partial charge on any atom is -0.494 e. The first-order valence-corrected chi connectivity index (χ1v) is 13.5. The second kappa shape index (κ2) is 19.5. The average Bonchev–Trinajstić information content (AvgIpc) is 3.32. The lowest BCUT2D eigenvalue weighted by atomic mass is 10.0. The van der Waals surface area contributed by atoms with Crippen molar-refractivity contribution in [2.24, 2.45) is 0 Å². The standard InChI is InChI=1S/C25H40F2N2O4.C2HF3O2/c1-2-3-16-33-22-10-8-20(9-11-22)25(31)23(19-29-14-12-21(27)18-29)28-24(30)7-5-4-6-15-32-17-13-26;3-2(4,5)1(6)7/h8-11,21,23,25,31H,2-7,12-19H2,1H3,(H,28,30);(H,6,7)/t21-,23-,25-;/m1./s1. The van der Waals surface area contributed by atoms with Crippen LogP contribution in [0, 0.1) is 0 Å². The minimum atomic E-state index is -5.08. The monoisotopic (exact) mass is 584 g/mol. The molecule has 0 radical (unpaired) electrons. The minimum absolute atomic E-state index is 0.113. The summed E-state index contributed by atoms with van der Waals surface area (Å²) in [5, 5.41) is 21.1. The van der Waals surface area contributed by atoms with Gasteiger partial charge < -0.3 is 25.0 Å². The van der Waals surface area contributed by atoms with Crippen molar-refractivity contribution >= 4 is 11.9 Å². The Kier molecular flexibility index (Phi) is 17.4. The number of unbranched alkanes of at least 4 members (excludes halogenated alkanes) is 3. The van der Waals surface area contributed by atoms with Crippen LogP contribution in [-0.2, 0) is 14.3 Å². The molecule has 0 bridgehead atoms. The Labute approximate surface area is 231 Å². The summed E-state index contributed by atoms with van der Waals surface area (Å²) in [6, 6.07) is 6.73. The highest BCUT2D eigenvalue weighted by Gasteiger charge is 2.38. The van der Waals surface area contributed by atoms with Crippen molar-refractivity contribution in [2.45, 2.75) is 76.4 Å². The molecule has 2 rings (SSSR count). The fraction of sp³-hybridized carbons (Fsp3) is 0.704. The second-order valence-corrected chi connectivity index (χ2v) is 9.45. The van der Waals surface area contributed by atoms with Crippen molar-refractivity contribution in [1.29, 1.82) is 0 Å². The molecule has 1 aromatic carbocycles. The first kappa shape index (κ1) is 35.5. The smallest absolute Gasteiger partial charge is 0.490 e. The quantitative estimate of drug-likeness (QED) is 0.181. The molecular formula is C27H41F5N2O6. The third kappa shape index (κ3) is 15.3. The van der Waals surface area contributed by atoms with E-state index >= 15 is 0 Å². The van der Waals surface area contributed by atoms with Crippen LogP contribution in [0.2, 0.25) is 0 Å². The SMILES string of the molecule is CCCCOc1ccc([C@@H](O)[C@@H](CN2CC[C@@H](F)C2)NC(=O)CCCCCOCCF)cc1.O=C(O)C(F)(F)F. The summed E-state index contributed by atoms with van der Waals surface area (Å²) in [6.07, 6.45) is -1.74. The highest BCUT2D eigenvalue weighted by molar-refractivity contribution is 5.76. The van der Waals surface area contributed by atoms with Crippen LogP contribution >= 0.6 is 0 Å². The number of amides is 1. The normalized spacial score (nSPS) is 17.0. The fourth-order valence-corrected chi connectivity index (χ4v) is 3.88. The summed E-state index contributed by atoms with van der Waals surface area (Å²) >= 11 is 0. The number of hydrogen-bond donors (Lipinski definition) is 3. The summed E-state index contributed by atoms with van der Waals surface area (Å²) in [4.78, 5) is 23.4. The molecule has 1 aliphatic heterocycles. The van der Waals surface area contributed by atoms with Crippen LogP contribution in [0.4, 0.5) is 22.0 Å². The number of alkyl halides is 5. The van der Waals surface area contributed by atoms with Crippen molar-refractivity contribution in [3.05, 3.63) is 29.8 Å². The van der Waals surface area contributed by atoms with Gasteiger partial charge in [-0.25, -0.2) is 13.6 Å². The lowest BCUT2D eigenvalue weighted by Crippen LogP contribution is -2.46. The summed E-state index contributed by atoms with van der Waals surface area (Å²) < 4.78 is 68.2. The molecule has 1 saturated heterocycles. The van der Waals surface area contributed by atoms with Crippen molar-refractivity contribution in [3.63, 3.8) is 0 Å². The van der Waals surface area contributed by atoms with Crippen LogP contribution in [0.5, 0.6) is 5.75 Å². The van der Waals surface area contributed by atoms with Gasteiger partial charge in [0.15, 0.2) is 0 Å². The Bertz CT molecular complexity index is 844. The molecule has 1 heterocycles. The number of benzene rings is 1. The predicted molar refractivity (Wildman–Crippen MR) is 139 cm³/mol. The molecule has 1 amide bonds. The Hall–Kier alpha value is -2.51. The van der Waals surface area contributed by atoms with Crippen LogP contribution in [0.1, 0.15) is 63.5 Å². The van der Waals surface area contributed by atoms with Crippen molar-refractivity contribution < 1.29 is 51.2 Å². The van der Waals surface area contributed by atoms with E-state index in [1.807, 2.05) is 29.2 Å². The highest BCUT2D eigenvalue weighted by Crippen LogP contribution is 2.23. The van der Waals surface area contributed by atoms with Crippen LogP contribution in [0.3, 0.4) is 0 Å². The van der Waals surface area contributed by atoms with Gasteiger partial charge in [0, 0.05) is 32.7 Å². The lowest BCUT2D eigenvalue weighted by Gasteiger charge is -2.29. The zero-order chi connectivity index (χ0) is 30.0. The van der Waals surface area contributed by atoms with Gasteiger partial charge in [-0.05, 0) is 43.4 Å². The molecule has 0 spiro atoms. The molecule has 1 aliphatic rings. The summed E-state index contributed by atoms with van der Waals surface area (Å²) in [5.74, 6) is -2.15. The number of rotatable bonds is 17. The number of carboxylic acid groups (broad SMARTS) is 1. The Morgan fingerprint density at radius 3 is 2.33 bits per heavy atom. The zero-order valence-corrected chi connectivity index (χ0v) is 22.8. The highest BCUT2D eigenvalue weighted by atomic mass is 19.4. The number of carbonyl (C=O) groups excluding carboxylic acids is 1. The van der Waals surface area contributed by atoms with Crippen LogP contribution in [0.25, 0.3) is 0 Å². The van der Waals surface area contributed by atoms with Gasteiger partial charge >= 0.3 is 12.1 Å². The Balaban J connectivity index is 0.00000101. The van der Waals surface area contributed by atoms with E-state index in [1.165, 1.54) is 0 Å². The Morgan fingerprint density at radius 1 is 1.10 bits per heavy atom. The van der Waals surface area contributed by atoms with Crippen molar-refractivity contribution in [2.75, 3.05) is 46.1 Å². The second-order valence-electron chi connectivity index (χ2n) is 9.45. The molecule has 0 aromatic heterocycles. The number of carbonyl (C=O) groups is 2. The van der Waals surface area contributed by atoms with Crippen molar-refractivity contribution in [1.82, 2.24) is 10.2 Å². The first-order chi connectivity index (χ1) is 19.0. The molecule has 1 aromatic rings. The molecule has 230 valence electrons. The molecule has 0 unspecified atom stereocenters. The van der Waals surface area contributed by atoms with E-state index in [0.29, 0.717) is 57.7 Å². The van der Waals surface area contributed by atoms with Gasteiger partial charge in [-0.1, -0.05) is 31.9 Å². The number of likely N-dealkylation sites (tertiary alicyclic amines) is 1. The maximum absolute atomic E-state index is 13.7. The third-order valence-corrected chi connectivity index (χ3v) is 6.04. The number of carboxylic acids is 1. The molecule has 13 heteroatoms. The molecule has 3 atom stereocenters. The predicted octanol–water partition coefficient (Wildman–Crippen LogP) is 4.61. The van der Waals surface area contributed by atoms with Crippen LogP contribution < -0.4 is 10.1 Å². The van der Waals surface area contributed by atoms with Gasteiger partial charge in [0.05, 0.1) is 19.3 Å². The number of ether oxygens (including phenoxy) is 2. The maximum atomic E-state index is 13.7. The molecule has 1 fully saturated rings. The summed E-state index contributed by atoms with van der Waals surface area (Å²) in [7, 11) is 0. The van der Waals surface area contributed by atoms with E-state index in [0.717, 1.165) is 31.4 Å². The number of aliphatic carboxylic acids is 1. The van der Waals surface area contributed by atoms with E-state index in [4.69, 9.17) is 19.4 Å². The summed E-state index contributed by atoms with van der Waals surface area (Å²) in [5.41, 5.74) is 0.684. The largest absolute Gasteiger partial charge is 0.494 e.